The summed E-state index contributed by atoms with van der Waals surface area (Å²) in [5.74, 6) is 0.561. The summed E-state index contributed by atoms with van der Waals surface area (Å²) in [5, 5.41) is 22.1. The van der Waals surface area contributed by atoms with Crippen LogP contribution in [0.4, 0.5) is 0 Å². The Morgan fingerprint density at radius 2 is 2.12 bits per heavy atom. The Hall–Kier alpha value is -2.31. The van der Waals surface area contributed by atoms with E-state index in [9.17, 15) is 0 Å². The van der Waals surface area contributed by atoms with Gasteiger partial charge in [0.1, 0.15) is 5.52 Å². The van der Waals surface area contributed by atoms with E-state index in [1.807, 2.05) is 22.9 Å². The van der Waals surface area contributed by atoms with E-state index in [0.717, 1.165) is 16.6 Å². The average molecular weight is 229 g/mol. The third-order valence-corrected chi connectivity index (χ3v) is 2.56. The molecule has 2 aromatic heterocycles. The highest BCUT2D eigenvalue weighted by atomic mass is 15.5. The van der Waals surface area contributed by atoms with Gasteiger partial charge in [-0.2, -0.15) is 5.21 Å². The van der Waals surface area contributed by atoms with Crippen LogP contribution in [0.1, 0.15) is 19.9 Å². The van der Waals surface area contributed by atoms with E-state index in [0.29, 0.717) is 5.82 Å². The van der Waals surface area contributed by atoms with Crippen molar-refractivity contribution >= 4 is 11.0 Å². The predicted octanol–water partition coefficient (Wildman–Crippen LogP) is 1.19. The summed E-state index contributed by atoms with van der Waals surface area (Å²) in [6, 6.07) is 6.11. The standard InChI is InChI=1S/C10H11N7/c1-6(2)17-9-4-3-7(5-8(9)11-16-17)10-12-14-15-13-10/h3-6H,1-2H3,(H,12,13,14,15). The van der Waals surface area contributed by atoms with Gasteiger partial charge >= 0.3 is 0 Å². The van der Waals surface area contributed by atoms with Crippen molar-refractivity contribution in [1.82, 2.24) is 35.6 Å². The van der Waals surface area contributed by atoms with Crippen molar-refractivity contribution < 1.29 is 0 Å². The number of fused-ring (bicyclic) bond motifs is 1. The highest BCUT2D eigenvalue weighted by Gasteiger charge is 2.10. The SMILES string of the molecule is CC(C)n1nnc2cc(-c3nn[nH]n3)ccc21. The lowest BCUT2D eigenvalue weighted by Gasteiger charge is -2.04. The number of aromatic nitrogens is 7. The highest BCUT2D eigenvalue weighted by Crippen LogP contribution is 2.21. The third-order valence-electron chi connectivity index (χ3n) is 2.56. The fraction of sp³-hybridized carbons (Fsp3) is 0.300. The first kappa shape index (κ1) is 9.88. The van der Waals surface area contributed by atoms with E-state index < -0.39 is 0 Å². The molecule has 3 aromatic rings. The molecule has 86 valence electrons. The molecule has 0 aliphatic rings. The quantitative estimate of drug-likeness (QED) is 0.713. The molecule has 1 aromatic carbocycles. The molecule has 0 saturated heterocycles. The van der Waals surface area contributed by atoms with Gasteiger partial charge in [-0.25, -0.2) is 4.68 Å². The lowest BCUT2D eigenvalue weighted by molar-refractivity contribution is 0.530. The molecule has 0 spiro atoms. The molecule has 7 nitrogen and oxygen atoms in total. The molecule has 0 aliphatic heterocycles. The molecule has 17 heavy (non-hydrogen) atoms. The van der Waals surface area contributed by atoms with Gasteiger partial charge in [0.15, 0.2) is 0 Å². The Kier molecular flexibility index (Phi) is 2.10. The van der Waals surface area contributed by atoms with Crippen LogP contribution in [-0.4, -0.2) is 35.6 Å². The molecular formula is C10H11N7. The van der Waals surface area contributed by atoms with Gasteiger partial charge in [0.2, 0.25) is 5.82 Å². The number of tetrazole rings is 1. The van der Waals surface area contributed by atoms with Crippen LogP contribution in [0, 0.1) is 0 Å². The number of hydrogen-bond acceptors (Lipinski definition) is 5. The van der Waals surface area contributed by atoms with Crippen molar-refractivity contribution in [1.29, 1.82) is 0 Å². The molecule has 7 heteroatoms. The zero-order valence-corrected chi connectivity index (χ0v) is 9.49. The summed E-state index contributed by atoms with van der Waals surface area (Å²) in [6.45, 7) is 4.14. The van der Waals surface area contributed by atoms with Crippen molar-refractivity contribution in [3.63, 3.8) is 0 Å². The molecular weight excluding hydrogens is 218 g/mol. The number of nitrogens with one attached hydrogen (secondary N) is 1. The van der Waals surface area contributed by atoms with Crippen LogP contribution in [0.2, 0.25) is 0 Å². The van der Waals surface area contributed by atoms with Crippen LogP contribution >= 0.6 is 0 Å². The monoisotopic (exact) mass is 229 g/mol. The molecule has 2 heterocycles. The Morgan fingerprint density at radius 3 is 2.82 bits per heavy atom. The van der Waals surface area contributed by atoms with Crippen molar-refractivity contribution in [2.75, 3.05) is 0 Å². The number of hydrogen-bond donors (Lipinski definition) is 1. The second-order valence-corrected chi connectivity index (χ2v) is 4.07. The van der Waals surface area contributed by atoms with E-state index in [4.69, 9.17) is 0 Å². The molecule has 0 fully saturated rings. The number of nitrogens with zero attached hydrogens (tertiary/aromatic N) is 6. The minimum Gasteiger partial charge on any atom is -0.242 e. The normalized spacial score (nSPS) is 11.5. The zero-order valence-electron chi connectivity index (χ0n) is 9.49. The number of rotatable bonds is 2. The van der Waals surface area contributed by atoms with Crippen LogP contribution < -0.4 is 0 Å². The van der Waals surface area contributed by atoms with Crippen molar-refractivity contribution in [2.24, 2.45) is 0 Å². The van der Waals surface area contributed by atoms with Gasteiger partial charge in [-0.1, -0.05) is 5.21 Å². The van der Waals surface area contributed by atoms with Gasteiger partial charge in [-0.05, 0) is 37.3 Å². The van der Waals surface area contributed by atoms with Gasteiger partial charge < -0.3 is 0 Å². The summed E-state index contributed by atoms with van der Waals surface area (Å²) >= 11 is 0. The van der Waals surface area contributed by atoms with Crippen LogP contribution in [0.3, 0.4) is 0 Å². The first-order valence-electron chi connectivity index (χ1n) is 5.34. The zero-order chi connectivity index (χ0) is 11.8. The Bertz CT molecular complexity index is 638. The highest BCUT2D eigenvalue weighted by molar-refractivity contribution is 5.79. The molecule has 0 unspecified atom stereocenters. The second-order valence-electron chi connectivity index (χ2n) is 4.07. The van der Waals surface area contributed by atoms with Gasteiger partial charge in [0, 0.05) is 11.6 Å². The smallest absolute Gasteiger partial charge is 0.204 e. The predicted molar refractivity (Wildman–Crippen MR) is 61.1 cm³/mol. The third kappa shape index (κ3) is 1.55. The number of H-pyrrole nitrogens is 1. The lowest BCUT2D eigenvalue weighted by Crippen LogP contribution is -2.02. The van der Waals surface area contributed by atoms with Crippen LogP contribution in [0.25, 0.3) is 22.4 Å². The number of benzene rings is 1. The first-order chi connectivity index (χ1) is 8.25. The number of aromatic amines is 1. The molecule has 0 saturated carbocycles. The van der Waals surface area contributed by atoms with Gasteiger partial charge in [-0.15, -0.1) is 15.3 Å². The molecule has 0 bridgehead atoms. The molecule has 0 radical (unpaired) electrons. The minimum atomic E-state index is 0.288. The van der Waals surface area contributed by atoms with E-state index >= 15 is 0 Å². The molecule has 3 rings (SSSR count). The van der Waals surface area contributed by atoms with Crippen molar-refractivity contribution in [3.8, 4) is 11.4 Å². The summed E-state index contributed by atoms with van der Waals surface area (Å²) in [5.41, 5.74) is 2.72. The van der Waals surface area contributed by atoms with Gasteiger partial charge in [0.05, 0.1) is 5.52 Å². The summed E-state index contributed by atoms with van der Waals surface area (Å²) in [6.07, 6.45) is 0. The lowest BCUT2D eigenvalue weighted by atomic mass is 10.2. The first-order valence-corrected chi connectivity index (χ1v) is 5.34. The second kappa shape index (κ2) is 3.62. The molecule has 0 amide bonds. The largest absolute Gasteiger partial charge is 0.242 e. The maximum absolute atomic E-state index is 4.14. The van der Waals surface area contributed by atoms with Gasteiger partial charge in [-0.3, -0.25) is 0 Å². The van der Waals surface area contributed by atoms with Crippen LogP contribution in [-0.2, 0) is 0 Å². The van der Waals surface area contributed by atoms with E-state index in [1.54, 1.807) is 0 Å². The Balaban J connectivity index is 2.15. The Morgan fingerprint density at radius 1 is 1.24 bits per heavy atom. The van der Waals surface area contributed by atoms with E-state index in [2.05, 4.69) is 44.8 Å². The topological polar surface area (TPSA) is 85.2 Å². The maximum atomic E-state index is 4.14. The van der Waals surface area contributed by atoms with Crippen LogP contribution in [0.5, 0.6) is 0 Å². The molecule has 0 aliphatic carbocycles. The van der Waals surface area contributed by atoms with Crippen molar-refractivity contribution in [3.05, 3.63) is 18.2 Å². The summed E-state index contributed by atoms with van der Waals surface area (Å²) in [7, 11) is 0. The average Bonchev–Trinajstić information content (AvgIpc) is 2.97. The van der Waals surface area contributed by atoms with E-state index in [-0.39, 0.29) is 6.04 Å². The fourth-order valence-corrected chi connectivity index (χ4v) is 1.75. The summed E-state index contributed by atoms with van der Waals surface area (Å²) < 4.78 is 1.88. The summed E-state index contributed by atoms with van der Waals surface area (Å²) in [4.78, 5) is 0. The van der Waals surface area contributed by atoms with E-state index in [1.165, 1.54) is 0 Å². The Labute approximate surface area is 96.8 Å². The maximum Gasteiger partial charge on any atom is 0.204 e. The molecule has 1 N–H and O–H groups in total. The van der Waals surface area contributed by atoms with Crippen molar-refractivity contribution in [2.45, 2.75) is 19.9 Å². The van der Waals surface area contributed by atoms with Gasteiger partial charge in [0.25, 0.3) is 0 Å². The minimum absolute atomic E-state index is 0.288. The van der Waals surface area contributed by atoms with Crippen LogP contribution in [0.15, 0.2) is 18.2 Å². The fourth-order valence-electron chi connectivity index (χ4n) is 1.75. The molecule has 0 atom stereocenters.